The van der Waals surface area contributed by atoms with Crippen LogP contribution in [0.25, 0.3) is 0 Å². The van der Waals surface area contributed by atoms with E-state index in [0.717, 1.165) is 29.2 Å². The van der Waals surface area contributed by atoms with Crippen LogP contribution in [-0.2, 0) is 17.8 Å². The van der Waals surface area contributed by atoms with Crippen molar-refractivity contribution in [2.45, 2.75) is 46.7 Å². The average molecular weight is 330 g/mol. The Morgan fingerprint density at radius 1 is 1.42 bits per heavy atom. The van der Waals surface area contributed by atoms with Gasteiger partial charge in [0.25, 0.3) is 5.91 Å². The van der Waals surface area contributed by atoms with Gasteiger partial charge in [0.2, 0.25) is 0 Å². The third-order valence-electron chi connectivity index (χ3n) is 4.69. The SMILES string of the molecule is CCOCC1CN(C(=O)c2cc(C)[nH]c2C)Cc2c1cnn2CC. The number of aromatic nitrogens is 3. The van der Waals surface area contributed by atoms with E-state index < -0.39 is 0 Å². The zero-order chi connectivity index (χ0) is 17.3. The van der Waals surface area contributed by atoms with Gasteiger partial charge < -0.3 is 14.6 Å². The van der Waals surface area contributed by atoms with Gasteiger partial charge in [-0.1, -0.05) is 0 Å². The van der Waals surface area contributed by atoms with Gasteiger partial charge in [-0.25, -0.2) is 0 Å². The van der Waals surface area contributed by atoms with Crippen molar-refractivity contribution in [3.05, 3.63) is 40.5 Å². The Morgan fingerprint density at radius 3 is 2.83 bits per heavy atom. The fourth-order valence-electron chi connectivity index (χ4n) is 3.50. The highest BCUT2D eigenvalue weighted by molar-refractivity contribution is 5.95. The van der Waals surface area contributed by atoms with Crippen LogP contribution in [0.1, 0.15) is 52.8 Å². The smallest absolute Gasteiger partial charge is 0.256 e. The minimum absolute atomic E-state index is 0.0767. The summed E-state index contributed by atoms with van der Waals surface area (Å²) in [4.78, 5) is 18.2. The summed E-state index contributed by atoms with van der Waals surface area (Å²) in [6.07, 6.45) is 1.94. The van der Waals surface area contributed by atoms with Gasteiger partial charge in [-0.3, -0.25) is 9.48 Å². The van der Waals surface area contributed by atoms with E-state index in [2.05, 4.69) is 17.0 Å². The molecule has 24 heavy (non-hydrogen) atoms. The molecule has 2 aromatic rings. The third-order valence-corrected chi connectivity index (χ3v) is 4.69. The van der Waals surface area contributed by atoms with Gasteiger partial charge in [0.05, 0.1) is 30.6 Å². The molecule has 3 heterocycles. The predicted octanol–water partition coefficient (Wildman–Crippen LogP) is 2.62. The molecule has 2 aromatic heterocycles. The molecule has 0 aromatic carbocycles. The lowest BCUT2D eigenvalue weighted by Crippen LogP contribution is -2.40. The normalized spacial score (nSPS) is 17.2. The van der Waals surface area contributed by atoms with Crippen molar-refractivity contribution in [1.29, 1.82) is 0 Å². The molecule has 1 atom stereocenters. The number of aromatic amines is 1. The summed E-state index contributed by atoms with van der Waals surface area (Å²) in [5.74, 6) is 0.256. The highest BCUT2D eigenvalue weighted by atomic mass is 16.5. The molecule has 0 bridgehead atoms. The van der Waals surface area contributed by atoms with Gasteiger partial charge in [0, 0.05) is 42.6 Å². The van der Waals surface area contributed by atoms with Crippen LogP contribution in [0, 0.1) is 13.8 Å². The third kappa shape index (κ3) is 2.98. The number of aryl methyl sites for hydroxylation is 3. The Kier molecular flexibility index (Phi) is 4.76. The first kappa shape index (κ1) is 16.8. The Morgan fingerprint density at radius 2 is 2.21 bits per heavy atom. The predicted molar refractivity (Wildman–Crippen MR) is 92.1 cm³/mol. The van der Waals surface area contributed by atoms with E-state index in [1.54, 1.807) is 0 Å². The summed E-state index contributed by atoms with van der Waals surface area (Å²) >= 11 is 0. The monoisotopic (exact) mass is 330 g/mol. The van der Waals surface area contributed by atoms with Crippen LogP contribution < -0.4 is 0 Å². The van der Waals surface area contributed by atoms with Crippen LogP contribution in [0.4, 0.5) is 0 Å². The van der Waals surface area contributed by atoms with Crippen LogP contribution in [0.15, 0.2) is 12.3 Å². The van der Waals surface area contributed by atoms with Crippen molar-refractivity contribution in [1.82, 2.24) is 19.7 Å². The molecule has 0 radical (unpaired) electrons. The zero-order valence-electron chi connectivity index (χ0n) is 14.9. The van der Waals surface area contributed by atoms with E-state index in [-0.39, 0.29) is 11.8 Å². The van der Waals surface area contributed by atoms with E-state index in [1.807, 2.05) is 42.6 Å². The molecule has 130 valence electrons. The van der Waals surface area contributed by atoms with Gasteiger partial charge in [-0.05, 0) is 33.8 Å². The Bertz CT molecular complexity index is 731. The first-order chi connectivity index (χ1) is 11.5. The van der Waals surface area contributed by atoms with Crippen molar-refractivity contribution in [3.8, 4) is 0 Å². The highest BCUT2D eigenvalue weighted by Crippen LogP contribution is 2.30. The molecule has 6 nitrogen and oxygen atoms in total. The number of hydrogen-bond acceptors (Lipinski definition) is 3. The van der Waals surface area contributed by atoms with E-state index >= 15 is 0 Å². The van der Waals surface area contributed by atoms with Gasteiger partial charge in [0.15, 0.2) is 0 Å². The number of nitrogens with one attached hydrogen (secondary N) is 1. The molecule has 1 aliphatic rings. The first-order valence-electron chi connectivity index (χ1n) is 8.62. The average Bonchev–Trinajstić information content (AvgIpc) is 3.14. The van der Waals surface area contributed by atoms with Crippen molar-refractivity contribution >= 4 is 5.91 Å². The second-order valence-electron chi connectivity index (χ2n) is 6.40. The summed E-state index contributed by atoms with van der Waals surface area (Å²) in [7, 11) is 0. The summed E-state index contributed by atoms with van der Waals surface area (Å²) in [6.45, 7) is 11.4. The molecule has 1 aliphatic heterocycles. The van der Waals surface area contributed by atoms with Gasteiger partial charge in [-0.2, -0.15) is 5.10 Å². The number of ether oxygens (including phenoxy) is 1. The van der Waals surface area contributed by atoms with Crippen molar-refractivity contribution in [2.75, 3.05) is 19.8 Å². The summed E-state index contributed by atoms with van der Waals surface area (Å²) in [5.41, 5.74) is 5.04. The van der Waals surface area contributed by atoms with Crippen molar-refractivity contribution in [2.24, 2.45) is 0 Å². The van der Waals surface area contributed by atoms with E-state index in [4.69, 9.17) is 4.74 Å². The van der Waals surface area contributed by atoms with Crippen molar-refractivity contribution in [3.63, 3.8) is 0 Å². The van der Waals surface area contributed by atoms with Crippen molar-refractivity contribution < 1.29 is 9.53 Å². The lowest BCUT2D eigenvalue weighted by Gasteiger charge is -2.33. The molecular weight excluding hydrogens is 304 g/mol. The molecule has 0 saturated heterocycles. The molecule has 0 aliphatic carbocycles. The van der Waals surface area contributed by atoms with E-state index in [9.17, 15) is 4.79 Å². The Labute approximate surface area is 142 Å². The number of amides is 1. The standard InChI is InChI=1S/C18H26N4O2/c1-5-22-17-10-21(18(23)15-7-12(3)20-13(15)4)9-14(11-24-6-2)16(17)8-19-22/h7-8,14,20H,5-6,9-11H2,1-4H3. The summed E-state index contributed by atoms with van der Waals surface area (Å²) in [6, 6.07) is 1.93. The van der Waals surface area contributed by atoms with Gasteiger partial charge >= 0.3 is 0 Å². The Balaban J connectivity index is 1.90. The zero-order valence-corrected chi connectivity index (χ0v) is 14.9. The molecule has 0 saturated carbocycles. The fourth-order valence-corrected chi connectivity index (χ4v) is 3.50. The fraction of sp³-hybridized carbons (Fsp3) is 0.556. The minimum atomic E-state index is 0.0767. The molecular formula is C18H26N4O2. The molecule has 0 fully saturated rings. The number of H-pyrrole nitrogens is 1. The maximum Gasteiger partial charge on any atom is 0.256 e. The molecule has 3 rings (SSSR count). The maximum atomic E-state index is 13.0. The summed E-state index contributed by atoms with van der Waals surface area (Å²) < 4.78 is 7.64. The van der Waals surface area contributed by atoms with Crippen LogP contribution in [0.2, 0.25) is 0 Å². The first-order valence-corrected chi connectivity index (χ1v) is 8.62. The van der Waals surface area contributed by atoms with Gasteiger partial charge in [0.1, 0.15) is 0 Å². The molecule has 1 unspecified atom stereocenters. The summed E-state index contributed by atoms with van der Waals surface area (Å²) in [5, 5.41) is 4.48. The minimum Gasteiger partial charge on any atom is -0.381 e. The molecule has 0 spiro atoms. The number of carbonyl (C=O) groups excluding carboxylic acids is 1. The second kappa shape index (κ2) is 6.81. The Hall–Kier alpha value is -2.08. The number of rotatable bonds is 5. The van der Waals surface area contributed by atoms with E-state index in [1.165, 1.54) is 5.56 Å². The lowest BCUT2D eigenvalue weighted by atomic mass is 9.95. The van der Waals surface area contributed by atoms with Crippen LogP contribution in [0.3, 0.4) is 0 Å². The number of fused-ring (bicyclic) bond motifs is 1. The molecule has 6 heteroatoms. The van der Waals surface area contributed by atoms with Crippen LogP contribution in [0.5, 0.6) is 0 Å². The molecule has 1 N–H and O–H groups in total. The quantitative estimate of drug-likeness (QED) is 0.916. The largest absolute Gasteiger partial charge is 0.381 e. The lowest BCUT2D eigenvalue weighted by molar-refractivity contribution is 0.0647. The number of nitrogens with zero attached hydrogens (tertiary/aromatic N) is 3. The number of carbonyl (C=O) groups is 1. The van der Waals surface area contributed by atoms with Crippen LogP contribution in [-0.4, -0.2) is 45.3 Å². The maximum absolute atomic E-state index is 13.0. The second-order valence-corrected chi connectivity index (χ2v) is 6.40. The van der Waals surface area contributed by atoms with Crippen LogP contribution >= 0.6 is 0 Å². The highest BCUT2D eigenvalue weighted by Gasteiger charge is 2.32. The number of hydrogen-bond donors (Lipinski definition) is 1. The molecule has 1 amide bonds. The van der Waals surface area contributed by atoms with Gasteiger partial charge in [-0.15, -0.1) is 0 Å². The van der Waals surface area contributed by atoms with E-state index in [0.29, 0.717) is 26.3 Å². The topological polar surface area (TPSA) is 63.1 Å².